The van der Waals surface area contributed by atoms with E-state index in [4.69, 9.17) is 33.2 Å². The van der Waals surface area contributed by atoms with Crippen molar-refractivity contribution < 1.29 is 82.0 Å². The van der Waals surface area contributed by atoms with Crippen LogP contribution in [0.3, 0.4) is 0 Å². The lowest BCUT2D eigenvalue weighted by atomic mass is 9.44. The first-order valence-corrected chi connectivity index (χ1v) is 20.0. The van der Waals surface area contributed by atoms with E-state index in [2.05, 4.69) is 0 Å². The van der Waals surface area contributed by atoms with Crippen LogP contribution in [0.5, 0.6) is 0 Å². The lowest BCUT2D eigenvalue weighted by Gasteiger charge is -2.67. The number of Topliss-reactive ketones (excluding diaryl/α,β-unsaturated/α-hetero) is 1. The molecule has 3 unspecified atom stereocenters. The second-order valence-corrected chi connectivity index (χ2v) is 19.0. The van der Waals surface area contributed by atoms with Crippen LogP contribution in [0.25, 0.3) is 0 Å². The molecule has 2 saturated carbocycles. The van der Waals surface area contributed by atoms with Crippen molar-refractivity contribution in [3.63, 3.8) is 0 Å². The maximum absolute atomic E-state index is 15.5. The van der Waals surface area contributed by atoms with Gasteiger partial charge in [0.05, 0.1) is 42.8 Å². The third-order valence-electron chi connectivity index (χ3n) is 13.5. The molecule has 0 aromatic heterocycles. The van der Waals surface area contributed by atoms with E-state index >= 15 is 4.79 Å². The van der Waals surface area contributed by atoms with Crippen molar-refractivity contribution in [1.29, 1.82) is 0 Å². The van der Waals surface area contributed by atoms with Gasteiger partial charge in [-0.15, -0.1) is 0 Å². The number of ether oxygens (including phenoxy) is 7. The predicted molar refractivity (Wildman–Crippen MR) is 207 cm³/mol. The zero-order chi connectivity index (χ0) is 45.6. The molecule has 0 spiro atoms. The van der Waals surface area contributed by atoms with Crippen molar-refractivity contribution in [3.8, 4) is 0 Å². The van der Waals surface area contributed by atoms with Gasteiger partial charge in [0.15, 0.2) is 29.2 Å². The first kappa shape index (κ1) is 45.6. The van der Waals surface area contributed by atoms with Crippen molar-refractivity contribution >= 4 is 41.8 Å². The molecule has 0 radical (unpaired) electrons. The van der Waals surface area contributed by atoms with Gasteiger partial charge in [-0.3, -0.25) is 14.4 Å². The molecule has 5 aliphatic rings. The van der Waals surface area contributed by atoms with Crippen molar-refractivity contribution in [2.24, 2.45) is 22.2 Å². The van der Waals surface area contributed by atoms with Gasteiger partial charge in [0.1, 0.15) is 23.9 Å². The highest BCUT2D eigenvalue weighted by atomic mass is 16.8. The van der Waals surface area contributed by atoms with E-state index in [1.807, 2.05) is 0 Å². The number of benzene rings is 1. The number of aliphatic hydroxyl groups excluding tert-OH is 2. The fourth-order valence-corrected chi connectivity index (χ4v) is 10.2. The largest absolute Gasteiger partial charge is 0.508 e. The van der Waals surface area contributed by atoms with E-state index in [9.17, 15) is 44.1 Å². The number of hydrogen-bond acceptors (Lipinski definition) is 17. The van der Waals surface area contributed by atoms with Gasteiger partial charge in [0.25, 0.3) is 5.91 Å². The van der Waals surface area contributed by atoms with Crippen LogP contribution in [0.2, 0.25) is 0 Å². The van der Waals surface area contributed by atoms with E-state index in [-0.39, 0.29) is 23.1 Å². The van der Waals surface area contributed by atoms with E-state index in [1.165, 1.54) is 53.7 Å². The molecule has 2 heterocycles. The van der Waals surface area contributed by atoms with Gasteiger partial charge in [-0.2, -0.15) is 0 Å². The highest BCUT2D eigenvalue weighted by molar-refractivity contribution is 6.03. The zero-order valence-electron chi connectivity index (χ0n) is 36.1. The van der Waals surface area contributed by atoms with E-state index in [1.54, 1.807) is 39.0 Å². The number of imide groups is 1. The number of esters is 3. The highest BCUT2D eigenvalue weighted by Gasteiger charge is 2.78. The molecule has 3 aliphatic carbocycles. The van der Waals surface area contributed by atoms with Crippen LogP contribution in [0.1, 0.15) is 92.4 Å². The Morgan fingerprint density at radius 1 is 0.967 bits per heavy atom. The number of fused-ring (bicyclic) bond motifs is 5. The number of rotatable bonds is 8. The molecule has 2 saturated heterocycles. The quantitative estimate of drug-likeness (QED) is 0.193. The minimum absolute atomic E-state index is 0.0257. The smallest absolute Gasteiger partial charge is 0.456 e. The number of cyclic esters (lactones) is 1. The van der Waals surface area contributed by atoms with Gasteiger partial charge >= 0.3 is 30.2 Å². The summed E-state index contributed by atoms with van der Waals surface area (Å²) in [6.07, 6.45) is -13.5. The summed E-state index contributed by atoms with van der Waals surface area (Å²) in [5.41, 5.74) is -10.9. The molecule has 2 aliphatic heterocycles. The molecule has 1 aromatic carbocycles. The molecule has 11 atom stereocenters. The Labute approximate surface area is 352 Å². The first-order chi connectivity index (χ1) is 28.1. The molecule has 18 heteroatoms. The van der Waals surface area contributed by atoms with E-state index in [0.717, 1.165) is 14.0 Å². The van der Waals surface area contributed by atoms with Crippen LogP contribution in [-0.4, -0.2) is 135 Å². The molecule has 3 N–H and O–H groups in total. The van der Waals surface area contributed by atoms with Crippen LogP contribution >= 0.6 is 0 Å². The van der Waals surface area contributed by atoms with Crippen LogP contribution in [-0.2, 0) is 52.3 Å². The summed E-state index contributed by atoms with van der Waals surface area (Å²) in [6.45, 7) is 13.9. The average molecular weight is 858 g/mol. The lowest BCUT2D eigenvalue weighted by molar-refractivity contribution is -0.344. The fourth-order valence-electron chi connectivity index (χ4n) is 10.2. The Morgan fingerprint density at radius 3 is 2.10 bits per heavy atom. The second-order valence-electron chi connectivity index (χ2n) is 19.0. The second kappa shape index (κ2) is 15.2. The fraction of sp³-hybridized carbons (Fsp3) is 0.651. The summed E-state index contributed by atoms with van der Waals surface area (Å²) in [6, 6.07) is 6.16. The standard InChI is InChI=1S/C43H55NO17/c1-20-23(58-34(50)27(47)30(38(3,4)5)44-35(51)40(8,9)60-36(44)52)18-43(54)32(59-33(49)22-15-13-12-14-16-22)29-41(10,31(48)28(57-21(2)45)26(20)39(43,6)7)24(46)17-25-42(29,19-56-25)61-37(53)55-11/h12-16,23-25,27-30,32,46-47,54H,17-19H2,1-11H3/t23-,24?,25-,27-,28-,29?,30-,32?,41-,42+,43-/m1/s1. The Kier molecular flexibility index (Phi) is 11.3. The molecular weight excluding hydrogens is 802 g/mol. The average Bonchev–Trinajstić information content (AvgIpc) is 3.36. The predicted octanol–water partition coefficient (Wildman–Crippen LogP) is 2.96. The van der Waals surface area contributed by atoms with Crippen LogP contribution in [0, 0.1) is 22.2 Å². The number of nitrogens with zero attached hydrogens (tertiary/aromatic N) is 1. The third-order valence-corrected chi connectivity index (χ3v) is 13.5. The summed E-state index contributed by atoms with van der Waals surface area (Å²) in [5.74, 6) is -6.67. The number of methoxy groups -OCH3 is 1. The van der Waals surface area contributed by atoms with Crippen molar-refractivity contribution in [1.82, 2.24) is 4.90 Å². The zero-order valence-corrected chi connectivity index (χ0v) is 36.1. The maximum Gasteiger partial charge on any atom is 0.508 e. The molecule has 4 fully saturated rings. The Bertz CT molecular complexity index is 2050. The monoisotopic (exact) mass is 857 g/mol. The summed E-state index contributed by atoms with van der Waals surface area (Å²) >= 11 is 0. The van der Waals surface area contributed by atoms with Crippen LogP contribution in [0.15, 0.2) is 41.5 Å². The summed E-state index contributed by atoms with van der Waals surface area (Å²) < 4.78 is 40.1. The van der Waals surface area contributed by atoms with Crippen molar-refractivity contribution in [2.75, 3.05) is 13.7 Å². The molecule has 334 valence electrons. The molecule has 2 amide bonds. The van der Waals surface area contributed by atoms with Gasteiger partial charge in [0.2, 0.25) is 0 Å². The SMILES string of the molecule is COC(=O)O[C@@]12CO[C@@H]1CC(O)[C@@]1(C)C(=O)[C@H](OC(C)=O)C3=C(C)[C@H](OC(=O)[C@H](O)[C@@H](N4C(=O)OC(C)(C)C4=O)C(C)(C)C)C[C@@](O)(C(OC(=O)c4ccccc4)C12)C3(C)C. The van der Waals surface area contributed by atoms with Gasteiger partial charge in [-0.25, -0.2) is 24.1 Å². The van der Waals surface area contributed by atoms with Crippen LogP contribution < -0.4 is 0 Å². The maximum atomic E-state index is 15.5. The Hall–Kier alpha value is -4.91. The summed E-state index contributed by atoms with van der Waals surface area (Å²) in [7, 11) is 1.05. The topological polar surface area (TPSA) is 248 Å². The van der Waals surface area contributed by atoms with E-state index in [0.29, 0.717) is 4.90 Å². The minimum Gasteiger partial charge on any atom is -0.456 e. The van der Waals surface area contributed by atoms with Crippen molar-refractivity contribution in [3.05, 3.63) is 47.0 Å². The molecule has 6 rings (SSSR count). The molecule has 18 nitrogen and oxygen atoms in total. The lowest BCUT2D eigenvalue weighted by Crippen LogP contribution is -2.82. The Morgan fingerprint density at radius 2 is 1.59 bits per heavy atom. The number of amides is 2. The van der Waals surface area contributed by atoms with Crippen molar-refractivity contribution in [2.45, 2.75) is 142 Å². The van der Waals surface area contributed by atoms with Gasteiger partial charge in [0, 0.05) is 25.2 Å². The molecule has 1 aromatic rings. The normalized spacial score (nSPS) is 34.9. The van der Waals surface area contributed by atoms with Gasteiger partial charge < -0.3 is 48.5 Å². The Balaban J connectivity index is 1.57. The third kappa shape index (κ3) is 6.99. The number of aliphatic hydroxyl groups is 3. The van der Waals surface area contributed by atoms with Crippen LogP contribution in [0.4, 0.5) is 9.59 Å². The molecule has 61 heavy (non-hydrogen) atoms. The van der Waals surface area contributed by atoms with Gasteiger partial charge in [-0.05, 0) is 56.4 Å². The molecule has 2 bridgehead atoms. The highest BCUT2D eigenvalue weighted by Crippen LogP contribution is 2.64. The number of carbonyl (C=O) groups is 7. The first-order valence-electron chi connectivity index (χ1n) is 20.0. The number of hydrogen-bond donors (Lipinski definition) is 3. The summed E-state index contributed by atoms with van der Waals surface area (Å²) in [4.78, 5) is 97.2. The molecular formula is C43H55NO17. The number of ketones is 1. The van der Waals surface area contributed by atoms with Gasteiger partial charge in [-0.1, -0.05) is 52.8 Å². The number of carbonyl (C=O) groups excluding carboxylic acids is 7. The summed E-state index contributed by atoms with van der Waals surface area (Å²) in [5, 5.41) is 37.5. The minimum atomic E-state index is -2.47. The van der Waals surface area contributed by atoms with E-state index < -0.39 is 137 Å².